The molecule has 4 heteroatoms. The molecule has 6 aromatic carbocycles. The van der Waals surface area contributed by atoms with E-state index >= 15 is 0 Å². The van der Waals surface area contributed by atoms with Crippen LogP contribution in [0.5, 0.6) is 0 Å². The van der Waals surface area contributed by atoms with Crippen molar-refractivity contribution in [2.45, 2.75) is 43.9 Å². The Bertz CT molecular complexity index is 1900. The van der Waals surface area contributed by atoms with E-state index in [9.17, 15) is 0 Å². The van der Waals surface area contributed by atoms with Crippen LogP contribution in [0.15, 0.2) is 158 Å². The first kappa shape index (κ1) is 38.1. The first-order valence-electron chi connectivity index (χ1n) is 20.2. The average Bonchev–Trinajstić information content (AvgIpc) is 3.44. The Morgan fingerprint density at radius 3 is 0.964 bits per heavy atom. The summed E-state index contributed by atoms with van der Waals surface area (Å²) in [6, 6.07) is 58.1. The SMILES string of the molecule is C[N+](C)(C)CCCCC1(CCCC[N+](C)(C)C)c2cc(N(c3ccccc3)c3ccccc3)ccc2-c2ccc(N(c3ccccc3)c3ccccc3)cc21. The van der Waals surface area contributed by atoms with Gasteiger partial charge in [0.05, 0.1) is 55.4 Å². The number of benzene rings is 6. The van der Waals surface area contributed by atoms with Crippen LogP contribution in [0, 0.1) is 0 Å². The number of quaternary nitrogens is 2. The molecule has 0 atom stereocenters. The predicted molar refractivity (Wildman–Crippen MR) is 236 cm³/mol. The molecule has 0 aliphatic heterocycles. The smallest absolute Gasteiger partial charge is 0.0780 e. The minimum Gasteiger partial charge on any atom is -0.331 e. The summed E-state index contributed by atoms with van der Waals surface area (Å²) in [4.78, 5) is 4.86. The minimum atomic E-state index is -0.120. The molecule has 0 aromatic heterocycles. The highest BCUT2D eigenvalue weighted by atomic mass is 15.3. The summed E-state index contributed by atoms with van der Waals surface area (Å²) in [5, 5.41) is 0. The second-order valence-corrected chi connectivity index (χ2v) is 17.5. The van der Waals surface area contributed by atoms with Crippen molar-refractivity contribution in [2.24, 2.45) is 0 Å². The molecular formula is C51H60N4+2. The van der Waals surface area contributed by atoms with Crippen LogP contribution in [0.3, 0.4) is 0 Å². The Labute approximate surface area is 331 Å². The van der Waals surface area contributed by atoms with Crippen LogP contribution < -0.4 is 9.80 Å². The van der Waals surface area contributed by atoms with Gasteiger partial charge in [-0.3, -0.25) is 0 Å². The molecule has 0 fully saturated rings. The summed E-state index contributed by atoms with van der Waals surface area (Å²) in [6.07, 6.45) is 7.01. The summed E-state index contributed by atoms with van der Waals surface area (Å²) in [7, 11) is 13.9. The molecule has 1 aliphatic rings. The maximum atomic E-state index is 2.56. The Balaban J connectivity index is 1.41. The summed E-state index contributed by atoms with van der Waals surface area (Å²) in [6.45, 7) is 2.34. The van der Waals surface area contributed by atoms with E-state index in [1.54, 1.807) is 0 Å². The number of hydrogen-bond donors (Lipinski definition) is 0. The Hall–Kier alpha value is -5.16. The lowest BCUT2D eigenvalue weighted by atomic mass is 9.70. The van der Waals surface area contributed by atoms with Crippen molar-refractivity contribution >= 4 is 34.1 Å². The third-order valence-electron chi connectivity index (χ3n) is 11.3. The van der Waals surface area contributed by atoms with Crippen LogP contribution in [-0.4, -0.2) is 64.3 Å². The van der Waals surface area contributed by atoms with Crippen molar-refractivity contribution in [3.63, 3.8) is 0 Å². The van der Waals surface area contributed by atoms with E-state index in [0.29, 0.717) is 0 Å². The molecule has 0 heterocycles. The molecule has 1 aliphatic carbocycles. The number of anilines is 6. The minimum absolute atomic E-state index is 0.120. The van der Waals surface area contributed by atoms with Crippen molar-refractivity contribution in [2.75, 3.05) is 65.2 Å². The van der Waals surface area contributed by atoms with Gasteiger partial charge in [0.1, 0.15) is 0 Å². The number of nitrogens with zero attached hydrogens (tertiary/aromatic N) is 4. The molecule has 6 aromatic rings. The zero-order valence-corrected chi connectivity index (χ0v) is 34.0. The average molecular weight is 729 g/mol. The third-order valence-corrected chi connectivity index (χ3v) is 11.3. The highest BCUT2D eigenvalue weighted by molar-refractivity contribution is 5.88. The van der Waals surface area contributed by atoms with E-state index in [2.05, 4.69) is 210 Å². The van der Waals surface area contributed by atoms with Crippen molar-refractivity contribution in [3.05, 3.63) is 169 Å². The number of unbranched alkanes of at least 4 members (excludes halogenated alkanes) is 2. The molecule has 0 radical (unpaired) electrons. The molecule has 0 saturated carbocycles. The first-order valence-corrected chi connectivity index (χ1v) is 20.2. The summed E-state index contributed by atoms with van der Waals surface area (Å²) >= 11 is 0. The van der Waals surface area contributed by atoms with Gasteiger partial charge < -0.3 is 18.8 Å². The molecule has 0 saturated heterocycles. The lowest BCUT2D eigenvalue weighted by Crippen LogP contribution is -2.36. The van der Waals surface area contributed by atoms with Gasteiger partial charge in [-0.2, -0.15) is 0 Å². The molecular weight excluding hydrogens is 669 g/mol. The van der Waals surface area contributed by atoms with Crippen LogP contribution in [-0.2, 0) is 5.41 Å². The third kappa shape index (κ3) is 8.72. The first-order chi connectivity index (χ1) is 26.5. The van der Waals surface area contributed by atoms with Gasteiger partial charge in [-0.05, 0) is 134 Å². The van der Waals surface area contributed by atoms with E-state index in [1.165, 1.54) is 95.2 Å². The predicted octanol–water partition coefficient (Wildman–Crippen LogP) is 12.6. The second kappa shape index (κ2) is 16.3. The van der Waals surface area contributed by atoms with Crippen LogP contribution >= 0.6 is 0 Å². The molecule has 4 nitrogen and oxygen atoms in total. The monoisotopic (exact) mass is 728 g/mol. The van der Waals surface area contributed by atoms with Crippen LogP contribution in [0.4, 0.5) is 34.1 Å². The molecule has 282 valence electrons. The molecule has 7 rings (SSSR count). The van der Waals surface area contributed by atoms with Crippen LogP contribution in [0.2, 0.25) is 0 Å². The van der Waals surface area contributed by atoms with Crippen molar-refractivity contribution in [3.8, 4) is 11.1 Å². The molecule has 0 spiro atoms. The maximum Gasteiger partial charge on any atom is 0.0780 e. The van der Waals surface area contributed by atoms with Gasteiger partial charge in [0, 0.05) is 39.5 Å². The van der Waals surface area contributed by atoms with Gasteiger partial charge in [0.25, 0.3) is 0 Å². The lowest BCUT2D eigenvalue weighted by Gasteiger charge is -2.35. The van der Waals surface area contributed by atoms with E-state index in [-0.39, 0.29) is 5.41 Å². The number of fused-ring (bicyclic) bond motifs is 3. The quantitative estimate of drug-likeness (QED) is 0.0723. The van der Waals surface area contributed by atoms with Gasteiger partial charge in [-0.1, -0.05) is 84.9 Å². The van der Waals surface area contributed by atoms with E-state index in [4.69, 9.17) is 0 Å². The Morgan fingerprint density at radius 1 is 0.364 bits per heavy atom. The van der Waals surface area contributed by atoms with Gasteiger partial charge in [0.2, 0.25) is 0 Å². The largest absolute Gasteiger partial charge is 0.331 e. The molecule has 55 heavy (non-hydrogen) atoms. The molecule has 0 amide bonds. The summed E-state index contributed by atoms with van der Waals surface area (Å²) < 4.78 is 1.98. The van der Waals surface area contributed by atoms with Gasteiger partial charge in [0.15, 0.2) is 0 Å². The number of para-hydroxylation sites is 4. The van der Waals surface area contributed by atoms with Crippen molar-refractivity contribution in [1.29, 1.82) is 0 Å². The highest BCUT2D eigenvalue weighted by Gasteiger charge is 2.43. The highest BCUT2D eigenvalue weighted by Crippen LogP contribution is 2.57. The van der Waals surface area contributed by atoms with Gasteiger partial charge in [-0.25, -0.2) is 0 Å². The van der Waals surface area contributed by atoms with Crippen LogP contribution in [0.25, 0.3) is 11.1 Å². The lowest BCUT2D eigenvalue weighted by molar-refractivity contribution is -0.870. The summed E-state index contributed by atoms with van der Waals surface area (Å²) in [5.74, 6) is 0. The van der Waals surface area contributed by atoms with Crippen LogP contribution in [0.1, 0.15) is 49.7 Å². The fraction of sp³-hybridized carbons (Fsp3) is 0.294. The zero-order valence-electron chi connectivity index (χ0n) is 34.0. The molecule has 0 N–H and O–H groups in total. The van der Waals surface area contributed by atoms with Crippen molar-refractivity contribution in [1.82, 2.24) is 0 Å². The molecule has 0 bridgehead atoms. The van der Waals surface area contributed by atoms with E-state index in [0.717, 1.165) is 21.8 Å². The number of hydrogen-bond acceptors (Lipinski definition) is 2. The summed E-state index contributed by atoms with van der Waals surface area (Å²) in [5.41, 5.74) is 12.7. The van der Waals surface area contributed by atoms with Crippen molar-refractivity contribution < 1.29 is 8.97 Å². The topological polar surface area (TPSA) is 6.48 Å². The maximum absolute atomic E-state index is 2.56. The Kier molecular flexibility index (Phi) is 11.3. The Morgan fingerprint density at radius 2 is 0.673 bits per heavy atom. The fourth-order valence-corrected chi connectivity index (χ4v) is 8.64. The second-order valence-electron chi connectivity index (χ2n) is 17.5. The molecule has 0 unspecified atom stereocenters. The zero-order chi connectivity index (χ0) is 38.5. The van der Waals surface area contributed by atoms with E-state index in [1.807, 2.05) is 0 Å². The van der Waals surface area contributed by atoms with Gasteiger partial charge in [-0.15, -0.1) is 0 Å². The standard InChI is InChI=1S/C51H60N4/c1-54(2,3)37-21-19-35-51(36-20-22-38-55(4,5)6)49-39-45(52(41-23-11-7-12-24-41)42-25-13-8-14-26-42)31-33-47(49)48-34-32-46(40-50(48)51)53(43-27-15-9-16-28-43)44-29-17-10-18-30-44/h7-18,23-34,39-40H,19-22,35-38H2,1-6H3/q+2. The normalized spacial score (nSPS) is 13.3. The number of rotatable bonds is 16. The fourth-order valence-electron chi connectivity index (χ4n) is 8.64. The van der Waals surface area contributed by atoms with E-state index < -0.39 is 0 Å². The van der Waals surface area contributed by atoms with Gasteiger partial charge >= 0.3 is 0 Å².